The van der Waals surface area contributed by atoms with Crippen LogP contribution in [0.15, 0.2) is 18.2 Å². The van der Waals surface area contributed by atoms with Crippen LogP contribution in [0.5, 0.6) is 0 Å². The molecule has 0 aromatic heterocycles. The van der Waals surface area contributed by atoms with Crippen LogP contribution in [0.4, 0.5) is 15.8 Å². The monoisotopic (exact) mass is 397 g/mol. The molecule has 0 saturated carbocycles. The van der Waals surface area contributed by atoms with Gasteiger partial charge in [-0.3, -0.25) is 19.7 Å². The minimum atomic E-state index is -0.856. The van der Waals surface area contributed by atoms with Crippen LogP contribution in [0.1, 0.15) is 19.8 Å². The molecule has 144 valence electrons. The Kier molecular flexibility index (Phi) is 5.05. The molecule has 0 aliphatic carbocycles. The summed E-state index contributed by atoms with van der Waals surface area (Å²) in [7, 11) is 0. The summed E-state index contributed by atoms with van der Waals surface area (Å²) in [5.41, 5.74) is -0.775. The normalized spacial score (nSPS) is 23.9. The molecule has 2 aliphatic heterocycles. The second-order valence-electron chi connectivity index (χ2n) is 6.34. The van der Waals surface area contributed by atoms with Gasteiger partial charge in [0.25, 0.3) is 11.6 Å². The quantitative estimate of drug-likeness (QED) is 0.456. The molecule has 1 aromatic rings. The molecule has 0 unspecified atom stereocenters. The Labute approximate surface area is 157 Å². The summed E-state index contributed by atoms with van der Waals surface area (Å²) in [6, 6.07) is 1.93. The number of benzene rings is 1. The van der Waals surface area contributed by atoms with E-state index in [0.717, 1.165) is 18.2 Å². The minimum absolute atomic E-state index is 0.132. The Morgan fingerprint density at radius 2 is 2.26 bits per heavy atom. The molecular formula is C16H16FN3O6S. The van der Waals surface area contributed by atoms with Crippen LogP contribution in [-0.4, -0.2) is 50.9 Å². The van der Waals surface area contributed by atoms with E-state index in [-0.39, 0.29) is 11.6 Å². The first-order valence-corrected chi connectivity index (χ1v) is 9.06. The van der Waals surface area contributed by atoms with Gasteiger partial charge in [0.1, 0.15) is 11.9 Å². The Hall–Kier alpha value is -2.69. The van der Waals surface area contributed by atoms with Crippen LogP contribution in [0.2, 0.25) is 0 Å². The van der Waals surface area contributed by atoms with Gasteiger partial charge in [-0.2, -0.15) is 0 Å². The molecule has 9 nitrogen and oxygen atoms in total. The van der Waals surface area contributed by atoms with Crippen molar-refractivity contribution in [2.75, 3.05) is 17.7 Å². The fraction of sp³-hybridized carbons (Fsp3) is 0.438. The van der Waals surface area contributed by atoms with Gasteiger partial charge in [-0.1, -0.05) is 0 Å². The van der Waals surface area contributed by atoms with Crippen LogP contribution < -0.4 is 5.32 Å². The van der Waals surface area contributed by atoms with Crippen molar-refractivity contribution < 1.29 is 28.4 Å². The van der Waals surface area contributed by atoms with Crippen LogP contribution >= 0.6 is 11.8 Å². The van der Waals surface area contributed by atoms with Crippen molar-refractivity contribution in [3.05, 3.63) is 34.1 Å². The highest BCUT2D eigenvalue weighted by Crippen LogP contribution is 2.47. The zero-order valence-corrected chi connectivity index (χ0v) is 15.1. The average molecular weight is 397 g/mol. The third-order valence-electron chi connectivity index (χ3n) is 4.50. The molecule has 2 atom stereocenters. The molecule has 2 amide bonds. The number of esters is 1. The number of nitro benzene ring substituents is 1. The number of carbonyl (C=O) groups is 3. The maximum absolute atomic E-state index is 13.7. The van der Waals surface area contributed by atoms with Crippen molar-refractivity contribution in [2.24, 2.45) is 0 Å². The number of thioether (sulfide) groups is 1. The largest absolute Gasteiger partial charge is 0.454 e. The maximum Gasteiger partial charge on any atom is 0.330 e. The molecule has 0 spiro atoms. The molecule has 0 bridgehead atoms. The van der Waals surface area contributed by atoms with E-state index in [4.69, 9.17) is 4.74 Å². The predicted octanol–water partition coefficient (Wildman–Crippen LogP) is 1.67. The lowest BCUT2D eigenvalue weighted by molar-refractivity contribution is -0.384. The lowest BCUT2D eigenvalue weighted by Gasteiger charge is -2.29. The third kappa shape index (κ3) is 3.72. The van der Waals surface area contributed by atoms with E-state index in [2.05, 4.69) is 5.32 Å². The number of nitrogens with one attached hydrogen (secondary N) is 1. The predicted molar refractivity (Wildman–Crippen MR) is 93.4 cm³/mol. The van der Waals surface area contributed by atoms with Gasteiger partial charge in [0, 0.05) is 24.3 Å². The van der Waals surface area contributed by atoms with E-state index >= 15 is 0 Å². The molecule has 2 fully saturated rings. The number of rotatable bonds is 5. The van der Waals surface area contributed by atoms with Crippen LogP contribution in [0.3, 0.4) is 0 Å². The van der Waals surface area contributed by atoms with E-state index < -0.39 is 45.8 Å². The highest BCUT2D eigenvalue weighted by molar-refractivity contribution is 8.01. The number of carbonyl (C=O) groups excluding carboxylic acids is 3. The van der Waals surface area contributed by atoms with E-state index in [9.17, 15) is 28.9 Å². The summed E-state index contributed by atoms with van der Waals surface area (Å²) in [6.07, 6.45) is 1.01. The van der Waals surface area contributed by atoms with Gasteiger partial charge in [-0.15, -0.1) is 11.8 Å². The average Bonchev–Trinajstić information content (AvgIpc) is 3.11. The maximum atomic E-state index is 13.7. The van der Waals surface area contributed by atoms with Crippen LogP contribution in [0.25, 0.3) is 0 Å². The lowest BCUT2D eigenvalue weighted by Crippen LogP contribution is -2.47. The SMILES string of the molecule is C[C@@]12CCC(=O)N1[C@@H](C(=O)OCC(=O)Nc1cc([N+](=O)[O-])ccc1F)CS2. The molecule has 11 heteroatoms. The number of non-ortho nitro benzene ring substituents is 1. The summed E-state index contributed by atoms with van der Waals surface area (Å²) in [4.78, 5) is 47.2. The molecule has 0 radical (unpaired) electrons. The summed E-state index contributed by atoms with van der Waals surface area (Å²) >= 11 is 1.49. The molecule has 2 heterocycles. The Bertz CT molecular complexity index is 834. The molecule has 2 saturated heterocycles. The van der Waals surface area contributed by atoms with Gasteiger partial charge < -0.3 is 15.0 Å². The number of nitro groups is 1. The van der Waals surface area contributed by atoms with Gasteiger partial charge in [-0.25, -0.2) is 9.18 Å². The molecule has 2 aliphatic rings. The summed E-state index contributed by atoms with van der Waals surface area (Å²) in [6.45, 7) is 1.19. The number of amides is 2. The minimum Gasteiger partial charge on any atom is -0.454 e. The topological polar surface area (TPSA) is 119 Å². The second-order valence-corrected chi connectivity index (χ2v) is 7.84. The van der Waals surface area contributed by atoms with Crippen molar-refractivity contribution in [1.29, 1.82) is 0 Å². The molecule has 27 heavy (non-hydrogen) atoms. The highest BCUT2D eigenvalue weighted by atomic mass is 32.2. The number of ether oxygens (including phenoxy) is 1. The molecule has 1 N–H and O–H groups in total. The Morgan fingerprint density at radius 3 is 2.96 bits per heavy atom. The van der Waals surface area contributed by atoms with E-state index in [1.54, 1.807) is 0 Å². The molecule has 1 aromatic carbocycles. The van der Waals surface area contributed by atoms with Gasteiger partial charge in [0.2, 0.25) is 5.91 Å². The number of halogens is 1. The van der Waals surface area contributed by atoms with E-state index in [1.165, 1.54) is 16.7 Å². The fourth-order valence-corrected chi connectivity index (χ4v) is 4.55. The number of hydrogen-bond acceptors (Lipinski definition) is 7. The Morgan fingerprint density at radius 1 is 1.52 bits per heavy atom. The van der Waals surface area contributed by atoms with Crippen molar-refractivity contribution in [1.82, 2.24) is 4.90 Å². The van der Waals surface area contributed by atoms with Crippen LogP contribution in [-0.2, 0) is 19.1 Å². The summed E-state index contributed by atoms with van der Waals surface area (Å²) < 4.78 is 18.6. The van der Waals surface area contributed by atoms with Crippen molar-refractivity contribution in [2.45, 2.75) is 30.7 Å². The lowest BCUT2D eigenvalue weighted by atomic mass is 10.2. The first kappa shape index (κ1) is 19.1. The number of nitrogens with zero attached hydrogens (tertiary/aromatic N) is 2. The standard InChI is InChI=1S/C16H16FN3O6S/c1-16-5-4-14(22)19(16)12(8-27-16)15(23)26-7-13(21)18-11-6-9(20(24)25)2-3-10(11)17/h2-3,6,12H,4-5,7-8H2,1H3,(H,18,21)/t12-,16-/m1/s1. The summed E-state index contributed by atoms with van der Waals surface area (Å²) in [5.74, 6) is -2.17. The second kappa shape index (κ2) is 7.14. The van der Waals surface area contributed by atoms with Crippen molar-refractivity contribution in [3.63, 3.8) is 0 Å². The third-order valence-corrected chi connectivity index (χ3v) is 6.00. The van der Waals surface area contributed by atoms with Gasteiger partial charge in [0.05, 0.1) is 15.5 Å². The first-order valence-electron chi connectivity index (χ1n) is 8.08. The highest BCUT2D eigenvalue weighted by Gasteiger charge is 2.53. The van der Waals surface area contributed by atoms with Gasteiger partial charge in [0.15, 0.2) is 6.61 Å². The fourth-order valence-electron chi connectivity index (χ4n) is 3.14. The first-order chi connectivity index (χ1) is 12.7. The Balaban J connectivity index is 1.58. The van der Waals surface area contributed by atoms with E-state index in [1.807, 2.05) is 6.92 Å². The van der Waals surface area contributed by atoms with E-state index in [0.29, 0.717) is 18.6 Å². The number of hydrogen-bond donors (Lipinski definition) is 1. The smallest absolute Gasteiger partial charge is 0.330 e. The number of fused-ring (bicyclic) bond motifs is 1. The molecule has 3 rings (SSSR count). The van der Waals surface area contributed by atoms with Crippen molar-refractivity contribution >= 4 is 40.9 Å². The zero-order valence-electron chi connectivity index (χ0n) is 14.3. The number of anilines is 1. The van der Waals surface area contributed by atoms with Crippen molar-refractivity contribution in [3.8, 4) is 0 Å². The summed E-state index contributed by atoms with van der Waals surface area (Å²) in [5, 5.41) is 12.9. The van der Waals surface area contributed by atoms with Crippen LogP contribution in [0, 0.1) is 15.9 Å². The van der Waals surface area contributed by atoms with Gasteiger partial charge in [-0.05, 0) is 19.4 Å². The van der Waals surface area contributed by atoms with Gasteiger partial charge >= 0.3 is 5.97 Å². The molecular weight excluding hydrogens is 381 g/mol. The zero-order chi connectivity index (χ0) is 19.8.